The second-order valence-corrected chi connectivity index (χ2v) is 1.41. The molecule has 2 heteroatoms. The van der Waals surface area contributed by atoms with Crippen LogP contribution in [0, 0.1) is 11.3 Å². The molecule has 6 heavy (non-hydrogen) atoms. The van der Waals surface area contributed by atoms with E-state index in [9.17, 15) is 0 Å². The molecule has 0 spiro atoms. The van der Waals surface area contributed by atoms with Crippen molar-refractivity contribution in [2.24, 2.45) is 0 Å². The zero-order valence-electron chi connectivity index (χ0n) is 4.60. The van der Waals surface area contributed by atoms with Gasteiger partial charge in [-0.15, -0.1) is 0 Å². The van der Waals surface area contributed by atoms with E-state index >= 15 is 0 Å². The summed E-state index contributed by atoms with van der Waals surface area (Å²) >= 11 is 0. The molecule has 2 nitrogen and oxygen atoms in total. The van der Waals surface area contributed by atoms with E-state index < -0.39 is 6.02 Å². The molecule has 2 atom stereocenters. The summed E-state index contributed by atoms with van der Waals surface area (Å²) < 4.78 is 7.06. The Balaban J connectivity index is 2.57. The van der Waals surface area contributed by atoms with E-state index in [1.54, 1.807) is 11.9 Å². The lowest BCUT2D eigenvalue weighted by atomic mass is 10.5. The Morgan fingerprint density at radius 3 is 2.83 bits per heavy atom. The van der Waals surface area contributed by atoms with Crippen LogP contribution in [-0.2, 0) is 0 Å². The monoisotopic (exact) mass is 83.1 g/mol. The Labute approximate surface area is 38.4 Å². The summed E-state index contributed by atoms with van der Waals surface area (Å²) in [7, 11) is 1.76. The smallest absolute Gasteiger partial charge is 0.110 e. The quantitative estimate of drug-likeness (QED) is 0.380. The first-order valence-corrected chi connectivity index (χ1v) is 1.81. The van der Waals surface area contributed by atoms with Crippen molar-refractivity contribution >= 4 is 0 Å². The second kappa shape index (κ2) is 0.954. The summed E-state index contributed by atoms with van der Waals surface area (Å²) in [5.41, 5.74) is 0. The topological polar surface area (TPSA) is 26.8 Å². The molecule has 2 unspecified atom stereocenters. The van der Waals surface area contributed by atoms with Gasteiger partial charge in [0.05, 0.1) is 7.44 Å². The van der Waals surface area contributed by atoms with Gasteiger partial charge in [-0.25, -0.2) is 0 Å². The summed E-state index contributed by atoms with van der Waals surface area (Å²) in [4.78, 5) is 1.67. The van der Waals surface area contributed by atoms with Crippen molar-refractivity contribution in [1.29, 1.82) is 5.26 Å². The molecule has 1 heterocycles. The molecule has 32 valence electrons. The maximum atomic E-state index is 8.16. The van der Waals surface area contributed by atoms with Gasteiger partial charge in [-0.05, 0) is 7.05 Å². The number of likely N-dealkylation sites (N-methyl/N-ethyl adjacent to an activating group) is 1. The van der Waals surface area contributed by atoms with Crippen LogP contribution in [0.15, 0.2) is 0 Å². The molecule has 0 aromatic rings. The molecule has 1 aliphatic heterocycles. The van der Waals surface area contributed by atoms with Gasteiger partial charge in [0, 0.05) is 6.54 Å². The Morgan fingerprint density at radius 2 is 2.83 bits per heavy atom. The van der Waals surface area contributed by atoms with Crippen molar-refractivity contribution in [1.82, 2.24) is 4.90 Å². The van der Waals surface area contributed by atoms with Gasteiger partial charge in [0.15, 0.2) is 0 Å². The zero-order valence-corrected chi connectivity index (χ0v) is 3.60. The van der Waals surface area contributed by atoms with Gasteiger partial charge in [0.2, 0.25) is 0 Å². The van der Waals surface area contributed by atoms with Gasteiger partial charge in [-0.3, -0.25) is 4.90 Å². The molecular formula is C4H6N2. The van der Waals surface area contributed by atoms with Crippen LogP contribution in [0.5, 0.6) is 0 Å². The van der Waals surface area contributed by atoms with Crippen molar-refractivity contribution in [2.75, 3.05) is 13.6 Å². The van der Waals surface area contributed by atoms with Crippen LogP contribution >= 0.6 is 0 Å². The molecule has 0 radical (unpaired) electrons. The third-order valence-corrected chi connectivity index (χ3v) is 0.873. The Hall–Kier alpha value is -0.550. The first-order valence-electron chi connectivity index (χ1n) is 2.31. The summed E-state index contributed by atoms with van der Waals surface area (Å²) in [6.07, 6.45) is 0. The Bertz CT molecular complexity index is 128. The van der Waals surface area contributed by atoms with Gasteiger partial charge in [-0.2, -0.15) is 5.26 Å². The molecule has 0 bridgehead atoms. The lowest BCUT2D eigenvalue weighted by molar-refractivity contribution is 0.664. The van der Waals surface area contributed by atoms with Crippen molar-refractivity contribution in [3.05, 3.63) is 0 Å². The minimum Gasteiger partial charge on any atom is -0.287 e. The number of nitriles is 1. The lowest BCUT2D eigenvalue weighted by Gasteiger charge is -1.73. The van der Waals surface area contributed by atoms with Gasteiger partial charge < -0.3 is 0 Å². The van der Waals surface area contributed by atoms with E-state index in [2.05, 4.69) is 0 Å². The van der Waals surface area contributed by atoms with Gasteiger partial charge in [0.25, 0.3) is 0 Å². The standard InChI is InChI=1S/C4H6N2/c1-6-3-4(6)2-5/h4H,3H2,1H3/i4D. The van der Waals surface area contributed by atoms with E-state index in [1.165, 1.54) is 0 Å². The molecular weight excluding hydrogens is 76.1 g/mol. The highest BCUT2D eigenvalue weighted by atomic mass is 15.3. The van der Waals surface area contributed by atoms with E-state index in [1.807, 2.05) is 6.07 Å². The second-order valence-electron chi connectivity index (χ2n) is 1.41. The number of hydrogen-bond acceptors (Lipinski definition) is 2. The fourth-order valence-electron chi connectivity index (χ4n) is 0.310. The molecule has 1 saturated heterocycles. The maximum absolute atomic E-state index is 8.16. The maximum Gasteiger partial charge on any atom is 0.110 e. The van der Waals surface area contributed by atoms with E-state index in [0.29, 0.717) is 6.54 Å². The summed E-state index contributed by atoms with van der Waals surface area (Å²) in [6, 6.07) is 0.997. The van der Waals surface area contributed by atoms with Crippen LogP contribution in [0.3, 0.4) is 0 Å². The largest absolute Gasteiger partial charge is 0.287 e. The highest BCUT2D eigenvalue weighted by Gasteiger charge is 2.28. The molecule has 0 aromatic carbocycles. The SMILES string of the molecule is [2H]C1(C#N)CN1C. The summed E-state index contributed by atoms with van der Waals surface area (Å²) in [5, 5.41) is 8.16. The first kappa shape index (κ1) is 2.59. The van der Waals surface area contributed by atoms with Crippen LogP contribution in [0.2, 0.25) is 0 Å². The predicted molar refractivity (Wildman–Crippen MR) is 22.0 cm³/mol. The molecule has 1 rings (SSSR count). The molecule has 1 fully saturated rings. The molecule has 0 saturated carbocycles. The van der Waals surface area contributed by atoms with E-state index in [0.717, 1.165) is 0 Å². The lowest BCUT2D eigenvalue weighted by Crippen LogP contribution is -1.86. The number of rotatable bonds is 0. The van der Waals surface area contributed by atoms with Crippen LogP contribution in [0.25, 0.3) is 0 Å². The third kappa shape index (κ3) is 0.373. The van der Waals surface area contributed by atoms with Crippen molar-refractivity contribution < 1.29 is 1.37 Å². The highest BCUT2D eigenvalue weighted by molar-refractivity contribution is 5.03. The van der Waals surface area contributed by atoms with Crippen LogP contribution < -0.4 is 0 Å². The molecule has 0 aromatic heterocycles. The van der Waals surface area contributed by atoms with E-state index in [-0.39, 0.29) is 0 Å². The number of hydrogen-bond donors (Lipinski definition) is 0. The molecule has 1 aliphatic rings. The van der Waals surface area contributed by atoms with Gasteiger partial charge in [0.1, 0.15) is 6.02 Å². The van der Waals surface area contributed by atoms with Crippen molar-refractivity contribution in [2.45, 2.75) is 6.02 Å². The van der Waals surface area contributed by atoms with Gasteiger partial charge >= 0.3 is 0 Å². The molecule has 0 aliphatic carbocycles. The predicted octanol–water partition coefficient (Wildman–Crippen LogP) is -0.176. The van der Waals surface area contributed by atoms with Crippen molar-refractivity contribution in [3.8, 4) is 6.07 Å². The Kier molecular flexibility index (Phi) is 0.413. The van der Waals surface area contributed by atoms with Crippen LogP contribution in [0.1, 0.15) is 1.37 Å². The van der Waals surface area contributed by atoms with Crippen molar-refractivity contribution in [3.63, 3.8) is 0 Å². The van der Waals surface area contributed by atoms with Gasteiger partial charge in [-0.1, -0.05) is 0 Å². The summed E-state index contributed by atoms with van der Waals surface area (Å²) in [5.74, 6) is 0. The molecule has 0 N–H and O–H groups in total. The third-order valence-electron chi connectivity index (χ3n) is 0.873. The normalized spacial score (nSPS) is 56.0. The fourth-order valence-corrected chi connectivity index (χ4v) is 0.310. The average molecular weight is 83.1 g/mol. The highest BCUT2D eigenvalue weighted by Crippen LogP contribution is 2.09. The zero-order chi connectivity index (χ0) is 5.49. The van der Waals surface area contributed by atoms with E-state index in [4.69, 9.17) is 6.63 Å². The van der Waals surface area contributed by atoms with Crippen LogP contribution in [-0.4, -0.2) is 24.5 Å². The Morgan fingerprint density at radius 1 is 2.33 bits per heavy atom. The van der Waals surface area contributed by atoms with Crippen LogP contribution in [0.4, 0.5) is 0 Å². The molecule has 0 amide bonds. The summed E-state index contributed by atoms with van der Waals surface area (Å²) in [6.45, 7) is 0.601. The number of nitrogens with zero attached hydrogens (tertiary/aromatic N) is 2. The minimum atomic E-state index is -0.861. The first-order chi connectivity index (χ1) is 3.19. The minimum absolute atomic E-state index is 0.601. The average Bonchev–Trinajstić information content (AvgIpc) is 2.18. The fraction of sp³-hybridized carbons (Fsp3) is 0.750.